The van der Waals surface area contributed by atoms with Crippen LogP contribution in [-0.2, 0) is 0 Å². The third-order valence-electron chi connectivity index (χ3n) is 1.22. The zero-order valence-electron chi connectivity index (χ0n) is 4.91. The smallest absolute Gasteiger partial charge is 0.154 e. The maximum absolute atomic E-state index is 8.81. The van der Waals surface area contributed by atoms with Gasteiger partial charge in [0, 0.05) is 6.04 Å². The van der Waals surface area contributed by atoms with Crippen molar-refractivity contribution >= 4 is 0 Å². The predicted octanol–water partition coefficient (Wildman–Crippen LogP) is 0.601. The number of aliphatic hydroxyl groups excluding tert-OH is 2. The lowest BCUT2D eigenvalue weighted by Gasteiger charge is -2.09. The van der Waals surface area contributed by atoms with Crippen LogP contribution in [0.4, 0.5) is 0 Å². The quantitative estimate of drug-likeness (QED) is 0.446. The third kappa shape index (κ3) is 1.23. The van der Waals surface area contributed by atoms with E-state index < -0.39 is 0 Å². The Hall–Kier alpha value is -0.960. The Morgan fingerprint density at radius 1 is 1.44 bits per heavy atom. The molecule has 0 aromatic rings. The fourth-order valence-corrected chi connectivity index (χ4v) is 0.708. The average Bonchev–Trinajstić information content (AvgIpc) is 1.80. The molecule has 3 heteroatoms. The van der Waals surface area contributed by atoms with E-state index in [1.165, 1.54) is 12.2 Å². The fraction of sp³-hybridized carbons (Fsp3) is 0.333. The van der Waals surface area contributed by atoms with Gasteiger partial charge in [-0.25, -0.2) is 0 Å². The number of hydrogen-bond donors (Lipinski definition) is 3. The standard InChI is InChI=1S/C6H9NO2/c7-4-1-2-5(8)6(9)3-4/h2-4,8-9H,1,7H2. The summed E-state index contributed by atoms with van der Waals surface area (Å²) in [6.07, 6.45) is 3.52. The Balaban J connectivity index is 2.75. The highest BCUT2D eigenvalue weighted by Gasteiger charge is 2.09. The zero-order chi connectivity index (χ0) is 6.85. The van der Waals surface area contributed by atoms with Crippen LogP contribution < -0.4 is 5.73 Å². The molecule has 0 spiro atoms. The van der Waals surface area contributed by atoms with Gasteiger partial charge in [-0.05, 0) is 18.6 Å². The lowest BCUT2D eigenvalue weighted by Crippen LogP contribution is -2.19. The lowest BCUT2D eigenvalue weighted by atomic mass is 10.1. The van der Waals surface area contributed by atoms with Gasteiger partial charge in [-0.1, -0.05) is 0 Å². The van der Waals surface area contributed by atoms with Crippen molar-refractivity contribution in [3.05, 3.63) is 23.7 Å². The van der Waals surface area contributed by atoms with Crippen LogP contribution in [0.2, 0.25) is 0 Å². The minimum Gasteiger partial charge on any atom is -0.504 e. The van der Waals surface area contributed by atoms with Crippen LogP contribution in [0.25, 0.3) is 0 Å². The molecule has 0 radical (unpaired) electrons. The van der Waals surface area contributed by atoms with Gasteiger partial charge in [0.15, 0.2) is 11.5 Å². The molecule has 0 fully saturated rings. The normalized spacial score (nSPS) is 27.0. The Bertz CT molecular complexity index is 172. The summed E-state index contributed by atoms with van der Waals surface area (Å²) < 4.78 is 0. The van der Waals surface area contributed by atoms with E-state index in [1.54, 1.807) is 0 Å². The van der Waals surface area contributed by atoms with Gasteiger partial charge >= 0.3 is 0 Å². The molecule has 1 unspecified atom stereocenters. The summed E-state index contributed by atoms with van der Waals surface area (Å²) in [4.78, 5) is 0. The van der Waals surface area contributed by atoms with Gasteiger partial charge < -0.3 is 15.9 Å². The first-order valence-electron chi connectivity index (χ1n) is 2.76. The van der Waals surface area contributed by atoms with Crippen molar-refractivity contribution in [2.24, 2.45) is 5.73 Å². The Kier molecular flexibility index (Phi) is 1.44. The largest absolute Gasteiger partial charge is 0.504 e. The van der Waals surface area contributed by atoms with E-state index in [9.17, 15) is 0 Å². The number of nitrogens with two attached hydrogens (primary N) is 1. The Morgan fingerprint density at radius 3 is 2.56 bits per heavy atom. The minimum atomic E-state index is -0.152. The highest BCUT2D eigenvalue weighted by Crippen LogP contribution is 2.11. The summed E-state index contributed by atoms with van der Waals surface area (Å²) in [6, 6.07) is -0.152. The molecular weight excluding hydrogens is 118 g/mol. The molecule has 1 rings (SSSR count). The number of rotatable bonds is 0. The third-order valence-corrected chi connectivity index (χ3v) is 1.22. The van der Waals surface area contributed by atoms with Crippen molar-refractivity contribution in [3.8, 4) is 0 Å². The molecule has 1 aliphatic rings. The molecule has 0 bridgehead atoms. The second-order valence-corrected chi connectivity index (χ2v) is 2.04. The van der Waals surface area contributed by atoms with Crippen LogP contribution in [0.1, 0.15) is 6.42 Å². The summed E-state index contributed by atoms with van der Waals surface area (Å²) in [6.45, 7) is 0. The van der Waals surface area contributed by atoms with Crippen molar-refractivity contribution in [2.45, 2.75) is 12.5 Å². The van der Waals surface area contributed by atoms with Crippen LogP contribution >= 0.6 is 0 Å². The first kappa shape index (κ1) is 6.16. The van der Waals surface area contributed by atoms with Gasteiger partial charge in [0.25, 0.3) is 0 Å². The molecule has 9 heavy (non-hydrogen) atoms. The van der Waals surface area contributed by atoms with Gasteiger partial charge in [0.2, 0.25) is 0 Å². The predicted molar refractivity (Wildman–Crippen MR) is 34.0 cm³/mol. The molecule has 3 nitrogen and oxygen atoms in total. The molecule has 0 amide bonds. The fourth-order valence-electron chi connectivity index (χ4n) is 0.708. The highest BCUT2D eigenvalue weighted by molar-refractivity contribution is 5.24. The summed E-state index contributed by atoms with van der Waals surface area (Å²) in [5, 5.41) is 17.6. The molecule has 0 saturated carbocycles. The molecule has 0 saturated heterocycles. The van der Waals surface area contributed by atoms with Crippen LogP contribution in [0.3, 0.4) is 0 Å². The molecule has 1 atom stereocenters. The number of hydrogen-bond acceptors (Lipinski definition) is 3. The van der Waals surface area contributed by atoms with E-state index in [0.29, 0.717) is 6.42 Å². The van der Waals surface area contributed by atoms with Gasteiger partial charge in [-0.15, -0.1) is 0 Å². The molecule has 50 valence electrons. The zero-order valence-corrected chi connectivity index (χ0v) is 4.91. The maximum atomic E-state index is 8.81. The van der Waals surface area contributed by atoms with E-state index in [1.807, 2.05) is 0 Å². The lowest BCUT2D eigenvalue weighted by molar-refractivity contribution is 0.317. The first-order valence-corrected chi connectivity index (χ1v) is 2.76. The first-order chi connectivity index (χ1) is 4.20. The second kappa shape index (κ2) is 2.11. The van der Waals surface area contributed by atoms with Gasteiger partial charge in [-0.3, -0.25) is 0 Å². The van der Waals surface area contributed by atoms with E-state index in [-0.39, 0.29) is 17.6 Å². The maximum Gasteiger partial charge on any atom is 0.154 e. The second-order valence-electron chi connectivity index (χ2n) is 2.04. The van der Waals surface area contributed by atoms with E-state index in [0.717, 1.165) is 0 Å². The summed E-state index contributed by atoms with van der Waals surface area (Å²) >= 11 is 0. The highest BCUT2D eigenvalue weighted by atomic mass is 16.3. The van der Waals surface area contributed by atoms with E-state index >= 15 is 0 Å². The molecule has 0 heterocycles. The van der Waals surface area contributed by atoms with Crippen molar-refractivity contribution in [3.63, 3.8) is 0 Å². The van der Waals surface area contributed by atoms with Crippen LogP contribution in [-0.4, -0.2) is 16.3 Å². The van der Waals surface area contributed by atoms with Crippen molar-refractivity contribution < 1.29 is 10.2 Å². The topological polar surface area (TPSA) is 66.5 Å². The van der Waals surface area contributed by atoms with Crippen molar-refractivity contribution in [1.29, 1.82) is 0 Å². The van der Waals surface area contributed by atoms with Gasteiger partial charge in [-0.2, -0.15) is 0 Å². The van der Waals surface area contributed by atoms with Gasteiger partial charge in [0.1, 0.15) is 0 Å². The van der Waals surface area contributed by atoms with Crippen LogP contribution in [0, 0.1) is 0 Å². The molecular formula is C6H9NO2. The molecule has 4 N–H and O–H groups in total. The molecule has 0 aromatic heterocycles. The van der Waals surface area contributed by atoms with E-state index in [2.05, 4.69) is 0 Å². The summed E-state index contributed by atoms with van der Waals surface area (Å²) in [7, 11) is 0. The van der Waals surface area contributed by atoms with Crippen molar-refractivity contribution in [2.75, 3.05) is 0 Å². The molecule has 0 aliphatic heterocycles. The Morgan fingerprint density at radius 2 is 2.11 bits per heavy atom. The van der Waals surface area contributed by atoms with Crippen molar-refractivity contribution in [1.82, 2.24) is 0 Å². The minimum absolute atomic E-state index is 0.0725. The average molecular weight is 127 g/mol. The molecule has 1 aliphatic carbocycles. The Labute approximate surface area is 53.1 Å². The monoisotopic (exact) mass is 127 g/mol. The summed E-state index contributed by atoms with van der Waals surface area (Å²) in [5.74, 6) is -0.189. The SMILES string of the molecule is NC1C=C(O)C(O)=CC1. The van der Waals surface area contributed by atoms with E-state index in [4.69, 9.17) is 15.9 Å². The van der Waals surface area contributed by atoms with Gasteiger partial charge in [0.05, 0.1) is 0 Å². The van der Waals surface area contributed by atoms with Crippen LogP contribution in [0.15, 0.2) is 23.7 Å². The number of aliphatic hydroxyl groups is 2. The van der Waals surface area contributed by atoms with Crippen LogP contribution in [0.5, 0.6) is 0 Å². The molecule has 0 aromatic carbocycles. The summed E-state index contributed by atoms with van der Waals surface area (Å²) in [5.41, 5.74) is 5.40.